The van der Waals surface area contributed by atoms with E-state index in [0.717, 1.165) is 12.8 Å². The van der Waals surface area contributed by atoms with E-state index in [1.807, 2.05) is 11.3 Å². The number of rotatable bonds is 16. The summed E-state index contributed by atoms with van der Waals surface area (Å²) in [6.45, 7) is 2.23. The summed E-state index contributed by atoms with van der Waals surface area (Å²) < 4.78 is 35.0. The van der Waals surface area contributed by atoms with Crippen LogP contribution >= 0.6 is 11.3 Å². The first kappa shape index (κ1) is 35.7. The van der Waals surface area contributed by atoms with Gasteiger partial charge in [-0.3, -0.25) is 0 Å². The van der Waals surface area contributed by atoms with Crippen molar-refractivity contribution in [3.8, 4) is 11.1 Å². The summed E-state index contributed by atoms with van der Waals surface area (Å²) in [7, 11) is -4.42. The molecule has 0 amide bonds. The summed E-state index contributed by atoms with van der Waals surface area (Å²) in [5, 5.41) is 2.21. The first-order valence-electron chi connectivity index (χ1n) is 16.5. The van der Waals surface area contributed by atoms with Crippen molar-refractivity contribution in [2.75, 3.05) is 0 Å². The predicted octanol–water partition coefficient (Wildman–Crippen LogP) is 11.6. The van der Waals surface area contributed by atoms with Gasteiger partial charge in [0.25, 0.3) is 0 Å². The maximum Gasteiger partial charge on any atom is 0.228 e. The normalized spacial score (nSPS) is 11.3. The van der Waals surface area contributed by atoms with Crippen LogP contribution in [0.2, 0.25) is 0 Å². The highest BCUT2D eigenvalue weighted by Gasteiger charge is 2.32. The smallest absolute Gasteiger partial charge is 0.228 e. The van der Waals surface area contributed by atoms with Crippen molar-refractivity contribution in [2.45, 2.75) is 96.4 Å². The second kappa shape index (κ2) is 19.5. The second-order valence-corrected chi connectivity index (χ2v) is 15.9. The van der Waals surface area contributed by atoms with Gasteiger partial charge in [0.05, 0.1) is 4.90 Å². The Balaban J connectivity index is 0.000000210. The molecule has 6 heteroatoms. The Morgan fingerprint density at radius 3 is 1.61 bits per heavy atom. The number of benzene rings is 4. The van der Waals surface area contributed by atoms with Crippen molar-refractivity contribution in [3.63, 3.8) is 0 Å². The minimum atomic E-state index is -4.35. The van der Waals surface area contributed by atoms with Crippen LogP contribution in [0.25, 0.3) is 11.1 Å². The lowest BCUT2D eigenvalue weighted by Crippen LogP contribution is -2.03. The maximum atomic E-state index is 11.2. The molecule has 0 aliphatic heterocycles. The highest BCUT2D eigenvalue weighted by Crippen LogP contribution is 2.40. The molecule has 0 aliphatic rings. The van der Waals surface area contributed by atoms with Gasteiger partial charge in [0.15, 0.2) is 9.79 Å². The van der Waals surface area contributed by atoms with Crippen LogP contribution < -0.4 is 0 Å². The van der Waals surface area contributed by atoms with E-state index in [-0.39, 0.29) is 15.8 Å². The van der Waals surface area contributed by atoms with E-state index in [1.165, 1.54) is 82.6 Å². The van der Waals surface area contributed by atoms with E-state index in [1.54, 1.807) is 18.2 Å². The molecule has 0 saturated carbocycles. The van der Waals surface area contributed by atoms with Gasteiger partial charge in [-0.05, 0) is 65.7 Å². The molecule has 0 atom stereocenters. The molecule has 0 fully saturated rings. The van der Waals surface area contributed by atoms with Crippen LogP contribution in [0.3, 0.4) is 0 Å². The molecule has 4 aromatic carbocycles. The summed E-state index contributed by atoms with van der Waals surface area (Å²) in [4.78, 5) is 2.68. The Morgan fingerprint density at radius 2 is 1.07 bits per heavy atom. The zero-order valence-electron chi connectivity index (χ0n) is 26.9. The average molecular weight is 671 g/mol. The second-order valence-electron chi connectivity index (χ2n) is 11.4. The van der Waals surface area contributed by atoms with Crippen molar-refractivity contribution in [1.82, 2.24) is 0 Å². The van der Waals surface area contributed by atoms with Crippen LogP contribution in [0.15, 0.2) is 146 Å². The van der Waals surface area contributed by atoms with Gasteiger partial charge >= 0.3 is 0 Å². The molecule has 0 N–H and O–H groups in total. The van der Waals surface area contributed by atoms with Gasteiger partial charge in [0.2, 0.25) is 4.21 Å². The average Bonchev–Trinajstić information content (AvgIpc) is 3.57. The SMILES string of the molecule is CCCCCCCCCCCCc1ccccc1S(=O)(=O)[O-].c1ccc(-c2ccsc2[S+](c2ccccc2)c2ccccc2)cc1. The van der Waals surface area contributed by atoms with Gasteiger partial charge in [-0.25, -0.2) is 8.42 Å². The lowest BCUT2D eigenvalue weighted by Gasteiger charge is -2.12. The summed E-state index contributed by atoms with van der Waals surface area (Å²) in [5.41, 5.74) is 3.30. The molecular weight excluding hydrogens is 625 g/mol. The summed E-state index contributed by atoms with van der Waals surface area (Å²) in [5.74, 6) is 0. The molecule has 0 spiro atoms. The lowest BCUT2D eigenvalue weighted by atomic mass is 10.0. The molecule has 0 bridgehead atoms. The van der Waals surface area contributed by atoms with Crippen LogP contribution in [0.1, 0.15) is 76.7 Å². The summed E-state index contributed by atoms with van der Waals surface area (Å²) in [6.07, 6.45) is 13.2. The fraction of sp³-hybridized carbons (Fsp3) is 0.300. The highest BCUT2D eigenvalue weighted by molar-refractivity contribution is 7.99. The molecule has 1 aromatic heterocycles. The number of thiophene rings is 1. The van der Waals surface area contributed by atoms with Crippen molar-refractivity contribution < 1.29 is 13.0 Å². The third-order valence-electron chi connectivity index (χ3n) is 7.90. The molecule has 0 unspecified atom stereocenters. The third kappa shape index (κ3) is 11.3. The van der Waals surface area contributed by atoms with E-state index in [2.05, 4.69) is 109 Å². The Hall–Kier alpha value is -3.16. The quantitative estimate of drug-likeness (QED) is 0.0596. The molecule has 5 rings (SSSR count). The topological polar surface area (TPSA) is 57.2 Å². The zero-order valence-corrected chi connectivity index (χ0v) is 29.3. The standard InChI is InChI=1S/C22H17S2.C18H30O3S/c1-4-10-18(11-5-1)21-16-17-23-22(21)24(19-12-6-2-7-13-19)20-14-8-3-9-15-20;1-2-3-4-5-6-7-8-9-10-11-14-17-15-12-13-16-18(17)22(19,20)21/h1-17H;12-13,15-16H,2-11,14H2,1H3,(H,19,20,21)/q+1;/p-1. The number of hydrogen-bond acceptors (Lipinski definition) is 4. The van der Waals surface area contributed by atoms with Gasteiger partial charge in [-0.1, -0.05) is 161 Å². The maximum absolute atomic E-state index is 11.2. The monoisotopic (exact) mass is 670 g/mol. The highest BCUT2D eigenvalue weighted by atomic mass is 32.2. The molecular formula is C40H46O3S3. The molecule has 1 heterocycles. The van der Waals surface area contributed by atoms with Gasteiger partial charge in [-0.2, -0.15) is 0 Å². The molecule has 0 aliphatic carbocycles. The van der Waals surface area contributed by atoms with Crippen LogP contribution in [-0.2, 0) is 27.4 Å². The third-order valence-corrected chi connectivity index (χ3v) is 12.4. The zero-order chi connectivity index (χ0) is 32.5. The van der Waals surface area contributed by atoms with Gasteiger partial charge < -0.3 is 4.55 Å². The first-order valence-corrected chi connectivity index (χ1v) is 20.0. The van der Waals surface area contributed by atoms with Crippen LogP contribution in [0.5, 0.6) is 0 Å². The Morgan fingerprint density at radius 1 is 0.587 bits per heavy atom. The van der Waals surface area contributed by atoms with Crippen molar-refractivity contribution in [3.05, 3.63) is 132 Å². The molecule has 5 aromatic rings. The minimum Gasteiger partial charge on any atom is -0.744 e. The van der Waals surface area contributed by atoms with Crippen molar-refractivity contribution in [2.24, 2.45) is 0 Å². The number of unbranched alkanes of at least 4 members (excludes halogenated alkanes) is 9. The lowest BCUT2D eigenvalue weighted by molar-refractivity contribution is 0.461. The number of aryl methyl sites for hydroxylation is 1. The van der Waals surface area contributed by atoms with Crippen molar-refractivity contribution in [1.29, 1.82) is 0 Å². The van der Waals surface area contributed by atoms with Gasteiger partial charge in [0, 0.05) is 5.56 Å². The molecule has 46 heavy (non-hydrogen) atoms. The minimum absolute atomic E-state index is 0.0501. The van der Waals surface area contributed by atoms with Crippen LogP contribution in [0.4, 0.5) is 0 Å². The number of hydrogen-bond donors (Lipinski definition) is 0. The van der Waals surface area contributed by atoms with E-state index < -0.39 is 10.1 Å². The van der Waals surface area contributed by atoms with E-state index in [0.29, 0.717) is 12.0 Å². The fourth-order valence-corrected chi connectivity index (χ4v) is 9.98. The largest absolute Gasteiger partial charge is 0.744 e. The van der Waals surface area contributed by atoms with Gasteiger partial charge in [0.1, 0.15) is 21.0 Å². The van der Waals surface area contributed by atoms with Gasteiger partial charge in [-0.15, -0.1) is 0 Å². The summed E-state index contributed by atoms with van der Waals surface area (Å²) in [6, 6.07) is 41.2. The Kier molecular flexibility index (Phi) is 15.1. The molecule has 0 radical (unpaired) electrons. The van der Waals surface area contributed by atoms with E-state index in [4.69, 9.17) is 0 Å². The van der Waals surface area contributed by atoms with Crippen LogP contribution in [0, 0.1) is 0 Å². The molecule has 0 saturated heterocycles. The Labute approximate surface area is 283 Å². The Bertz CT molecular complexity index is 1610. The fourth-order valence-electron chi connectivity index (χ4n) is 5.51. The van der Waals surface area contributed by atoms with E-state index >= 15 is 0 Å². The van der Waals surface area contributed by atoms with Crippen LogP contribution in [-0.4, -0.2) is 13.0 Å². The first-order chi connectivity index (χ1) is 22.5. The molecule has 242 valence electrons. The molecule has 3 nitrogen and oxygen atoms in total. The van der Waals surface area contributed by atoms with E-state index in [9.17, 15) is 13.0 Å². The summed E-state index contributed by atoms with van der Waals surface area (Å²) >= 11 is 1.85. The van der Waals surface area contributed by atoms with Crippen molar-refractivity contribution >= 4 is 32.3 Å². The predicted molar refractivity (Wildman–Crippen MR) is 195 cm³/mol.